The van der Waals surface area contributed by atoms with Gasteiger partial charge in [-0.25, -0.2) is 4.98 Å². The second kappa shape index (κ2) is 11.1. The van der Waals surface area contributed by atoms with Crippen LogP contribution in [0.3, 0.4) is 0 Å². The molecule has 0 aliphatic rings. The van der Waals surface area contributed by atoms with E-state index in [-0.39, 0.29) is 32.4 Å². The lowest BCUT2D eigenvalue weighted by atomic mass is 9.96. The van der Waals surface area contributed by atoms with Crippen LogP contribution in [0.15, 0.2) is 53.9 Å². The summed E-state index contributed by atoms with van der Waals surface area (Å²) in [5, 5.41) is 11.4. The van der Waals surface area contributed by atoms with Crippen LogP contribution in [0.25, 0.3) is 10.6 Å². The number of ether oxygens (including phenoxy) is 1. The normalized spacial score (nSPS) is 11.6. The van der Waals surface area contributed by atoms with Crippen molar-refractivity contribution in [3.8, 4) is 28.2 Å². The second-order valence-electron chi connectivity index (χ2n) is 6.62. The first-order valence-electron chi connectivity index (χ1n) is 9.25. The molecule has 0 aliphatic carbocycles. The van der Waals surface area contributed by atoms with Crippen LogP contribution in [-0.4, -0.2) is 16.1 Å². The number of hydrogen-bond acceptors (Lipinski definition) is 4. The SMILES string of the molecule is CC#C[C@@H](CC(=O)O)c1ccc(OCc2csc(-c3ccc(C(F)(F)F)cc3)n2)cc1.S. The predicted octanol–water partition coefficient (Wildman–Crippen LogP) is 6.10. The van der Waals surface area contributed by atoms with Gasteiger partial charge >= 0.3 is 12.1 Å². The van der Waals surface area contributed by atoms with Crippen LogP contribution in [0.1, 0.15) is 36.1 Å². The molecule has 9 heteroatoms. The molecule has 0 spiro atoms. The van der Waals surface area contributed by atoms with E-state index in [4.69, 9.17) is 9.84 Å². The highest BCUT2D eigenvalue weighted by atomic mass is 32.1. The highest BCUT2D eigenvalue weighted by Crippen LogP contribution is 2.32. The van der Waals surface area contributed by atoms with E-state index in [0.717, 1.165) is 17.7 Å². The summed E-state index contributed by atoms with van der Waals surface area (Å²) < 4.78 is 43.8. The van der Waals surface area contributed by atoms with Crippen molar-refractivity contribution in [3.05, 3.63) is 70.7 Å². The zero-order valence-corrected chi connectivity index (χ0v) is 18.8. The van der Waals surface area contributed by atoms with Crippen molar-refractivity contribution >= 4 is 30.8 Å². The lowest BCUT2D eigenvalue weighted by molar-refractivity contribution is -0.138. The largest absolute Gasteiger partial charge is 0.487 e. The lowest BCUT2D eigenvalue weighted by Crippen LogP contribution is -2.04. The molecule has 3 rings (SSSR count). The first kappa shape index (κ1) is 25.3. The Hall–Kier alpha value is -2.96. The minimum atomic E-state index is -4.37. The Labute approximate surface area is 194 Å². The second-order valence-corrected chi connectivity index (χ2v) is 7.48. The van der Waals surface area contributed by atoms with Gasteiger partial charge in [0.25, 0.3) is 0 Å². The van der Waals surface area contributed by atoms with E-state index < -0.39 is 17.7 Å². The van der Waals surface area contributed by atoms with Crippen molar-refractivity contribution in [2.24, 2.45) is 0 Å². The molecule has 0 fully saturated rings. The molecular formula is C23H20F3NO3S2. The number of aliphatic carboxylic acids is 1. The molecule has 2 aromatic carbocycles. The number of rotatable bonds is 7. The van der Waals surface area contributed by atoms with Gasteiger partial charge in [-0.15, -0.1) is 17.3 Å². The minimum Gasteiger partial charge on any atom is -0.487 e. The van der Waals surface area contributed by atoms with Gasteiger partial charge in [-0.3, -0.25) is 4.79 Å². The molecular weight excluding hydrogens is 459 g/mol. The average molecular weight is 480 g/mol. The standard InChI is InChI=1S/C23H18F3NO3S.H2S/c1-2-3-17(12-21(28)29)15-6-10-20(11-7-15)30-13-19-14-31-22(27-19)16-4-8-18(9-5-16)23(24,25)26;/h4-11,14,17H,12-13H2,1H3,(H,28,29);1H2/t17-;/m0./s1. The van der Waals surface area contributed by atoms with Crippen molar-refractivity contribution in [2.45, 2.75) is 32.0 Å². The van der Waals surface area contributed by atoms with Crippen LogP contribution in [0.5, 0.6) is 5.75 Å². The number of hydrogen-bond donors (Lipinski definition) is 1. The molecule has 4 nitrogen and oxygen atoms in total. The molecule has 32 heavy (non-hydrogen) atoms. The summed E-state index contributed by atoms with van der Waals surface area (Å²) in [7, 11) is 0. The van der Waals surface area contributed by atoms with E-state index in [0.29, 0.717) is 22.0 Å². The third-order valence-corrected chi connectivity index (χ3v) is 5.32. The highest BCUT2D eigenvalue weighted by Gasteiger charge is 2.30. The van der Waals surface area contributed by atoms with Crippen molar-refractivity contribution in [1.82, 2.24) is 4.98 Å². The maximum Gasteiger partial charge on any atom is 0.416 e. The fourth-order valence-electron chi connectivity index (χ4n) is 2.86. The predicted molar refractivity (Wildman–Crippen MR) is 122 cm³/mol. The topological polar surface area (TPSA) is 59.4 Å². The zero-order chi connectivity index (χ0) is 22.4. The summed E-state index contributed by atoms with van der Waals surface area (Å²) >= 11 is 1.33. The third kappa shape index (κ3) is 6.77. The smallest absolute Gasteiger partial charge is 0.416 e. The van der Waals surface area contributed by atoms with Gasteiger partial charge in [0.05, 0.1) is 23.6 Å². The molecule has 1 atom stereocenters. The van der Waals surface area contributed by atoms with Gasteiger partial charge in [0.2, 0.25) is 0 Å². The van der Waals surface area contributed by atoms with Crippen LogP contribution < -0.4 is 4.74 Å². The quantitative estimate of drug-likeness (QED) is 0.416. The summed E-state index contributed by atoms with van der Waals surface area (Å²) in [6.45, 7) is 1.86. The summed E-state index contributed by atoms with van der Waals surface area (Å²) in [6.07, 6.45) is -4.45. The van der Waals surface area contributed by atoms with Crippen LogP contribution >= 0.6 is 24.8 Å². The molecule has 168 valence electrons. The Bertz CT molecular complexity index is 1100. The Morgan fingerprint density at radius 3 is 2.38 bits per heavy atom. The summed E-state index contributed by atoms with van der Waals surface area (Å²) in [4.78, 5) is 15.4. The zero-order valence-electron chi connectivity index (χ0n) is 16.9. The van der Waals surface area contributed by atoms with Crippen molar-refractivity contribution in [1.29, 1.82) is 0 Å². The van der Waals surface area contributed by atoms with Crippen LogP contribution in [0.4, 0.5) is 13.2 Å². The summed E-state index contributed by atoms with van der Waals surface area (Å²) in [5.41, 5.74) is 1.36. The van der Waals surface area contributed by atoms with Crippen LogP contribution in [-0.2, 0) is 17.6 Å². The lowest BCUT2D eigenvalue weighted by Gasteiger charge is -2.10. The molecule has 0 amide bonds. The number of carboxylic acids is 1. The highest BCUT2D eigenvalue weighted by molar-refractivity contribution is 7.59. The van der Waals surface area contributed by atoms with Crippen LogP contribution in [0, 0.1) is 11.8 Å². The van der Waals surface area contributed by atoms with E-state index in [1.165, 1.54) is 23.5 Å². The molecule has 0 radical (unpaired) electrons. The summed E-state index contributed by atoms with van der Waals surface area (Å²) in [6, 6.07) is 11.9. The molecule has 0 aliphatic heterocycles. The van der Waals surface area contributed by atoms with Gasteiger partial charge in [-0.2, -0.15) is 26.7 Å². The fraction of sp³-hybridized carbons (Fsp3) is 0.217. The third-order valence-electron chi connectivity index (χ3n) is 4.38. The summed E-state index contributed by atoms with van der Waals surface area (Å²) in [5.74, 6) is 4.93. The Kier molecular flexibility index (Phi) is 8.75. The molecule has 1 N–H and O–H groups in total. The molecule has 0 bridgehead atoms. The number of halogens is 3. The Morgan fingerprint density at radius 2 is 1.81 bits per heavy atom. The van der Waals surface area contributed by atoms with E-state index in [1.807, 2.05) is 0 Å². The number of nitrogens with zero attached hydrogens (tertiary/aromatic N) is 1. The Morgan fingerprint density at radius 1 is 1.16 bits per heavy atom. The minimum absolute atomic E-state index is 0. The number of benzene rings is 2. The van der Waals surface area contributed by atoms with Crippen LogP contribution in [0.2, 0.25) is 0 Å². The number of alkyl halides is 3. The molecule has 0 unspecified atom stereocenters. The molecule has 0 saturated carbocycles. The van der Waals surface area contributed by atoms with E-state index in [1.54, 1.807) is 36.6 Å². The number of aromatic nitrogens is 1. The number of carbonyl (C=O) groups is 1. The molecule has 0 saturated heterocycles. The number of thiazole rings is 1. The Balaban J connectivity index is 0.00000363. The average Bonchev–Trinajstić information content (AvgIpc) is 3.21. The van der Waals surface area contributed by atoms with Crippen molar-refractivity contribution < 1.29 is 27.8 Å². The van der Waals surface area contributed by atoms with Gasteiger partial charge in [0, 0.05) is 10.9 Å². The van der Waals surface area contributed by atoms with Gasteiger partial charge < -0.3 is 9.84 Å². The molecule has 1 heterocycles. The van der Waals surface area contributed by atoms with E-state index >= 15 is 0 Å². The van der Waals surface area contributed by atoms with Crippen molar-refractivity contribution in [2.75, 3.05) is 0 Å². The first-order chi connectivity index (χ1) is 14.8. The van der Waals surface area contributed by atoms with E-state index in [9.17, 15) is 18.0 Å². The maximum atomic E-state index is 12.7. The number of carboxylic acid groups (broad SMARTS) is 1. The first-order valence-corrected chi connectivity index (χ1v) is 10.1. The van der Waals surface area contributed by atoms with Gasteiger partial charge in [-0.05, 0) is 36.8 Å². The molecule has 1 aromatic heterocycles. The van der Waals surface area contributed by atoms with Gasteiger partial charge in [0.15, 0.2) is 0 Å². The van der Waals surface area contributed by atoms with Crippen molar-refractivity contribution in [3.63, 3.8) is 0 Å². The van der Waals surface area contributed by atoms with E-state index in [2.05, 4.69) is 16.8 Å². The fourth-order valence-corrected chi connectivity index (χ4v) is 3.67. The maximum absolute atomic E-state index is 12.7. The molecule has 3 aromatic rings. The monoisotopic (exact) mass is 479 g/mol. The van der Waals surface area contributed by atoms with Gasteiger partial charge in [-0.1, -0.05) is 30.2 Å². The van der Waals surface area contributed by atoms with Gasteiger partial charge in [0.1, 0.15) is 17.4 Å².